The minimum Gasteiger partial charge on any atom is -0.869 e. The second kappa shape index (κ2) is 30.0. The van der Waals surface area contributed by atoms with E-state index < -0.39 is 34.9 Å². The number of aromatic hydroxyl groups is 2. The number of phenols is 2. The van der Waals surface area contributed by atoms with Gasteiger partial charge in [-0.05, 0) is 149 Å². The van der Waals surface area contributed by atoms with Crippen LogP contribution in [0, 0.1) is 27.7 Å². The summed E-state index contributed by atoms with van der Waals surface area (Å²) in [5.41, 5.74) is 9.92. The molecule has 0 unspecified atom stereocenters. The predicted molar refractivity (Wildman–Crippen MR) is 250 cm³/mol. The first kappa shape index (κ1) is 55.9. The van der Waals surface area contributed by atoms with Crippen molar-refractivity contribution in [3.05, 3.63) is 105 Å². The van der Waals surface area contributed by atoms with Gasteiger partial charge in [-0.15, -0.1) is 0 Å². The summed E-state index contributed by atoms with van der Waals surface area (Å²) < 4.78 is 0. The summed E-state index contributed by atoms with van der Waals surface area (Å²) in [4.78, 5) is 32.1. The van der Waals surface area contributed by atoms with Gasteiger partial charge in [0, 0.05) is 0 Å². The number of aliphatic imine (C=N–C) groups is 2. The van der Waals surface area contributed by atoms with Crippen LogP contribution in [-0.4, -0.2) is 43.8 Å². The maximum absolute atomic E-state index is 11.4. The van der Waals surface area contributed by atoms with Gasteiger partial charge in [0.05, 0.1) is 33.9 Å². The van der Waals surface area contributed by atoms with Crippen molar-refractivity contribution in [1.29, 1.82) is 0 Å². The number of unbranched alkanes of at least 4 members (excludes halogenated alkanes) is 8. The molecule has 0 aliphatic carbocycles. The van der Waals surface area contributed by atoms with Gasteiger partial charge in [-0.1, -0.05) is 115 Å². The standard InChI is InChI=1S/C28H40N2.2C12H16O4.Ni/c1-7-9-11-12-14-28(30-26-19-23(5)16-24(6)20-26)27(13-10-8-2)29-25-17-21(3)15-22(4)18-25;2*1-2-3-4-5-8-6-7-9(13)11(14)10(8)12(15)16;/h15-20H,7-14H2,1-6H3;2*6-7,13-14H,2-5H2,1H3,(H,15,16);/q;;;+2/p-2. The SMILES string of the molecule is CCCCCCC(=Nc1cc(C)cc(C)c1)C(CCCC)=Nc1cc(C)cc(C)c1.CCCCCc1ccc(O)c([O-])c1C(=O)O.CCCCCc1ccc(O)c([O-])c1C(=O)O.[Ni+2]. The van der Waals surface area contributed by atoms with Crippen LogP contribution in [0.1, 0.15) is 172 Å². The van der Waals surface area contributed by atoms with Gasteiger partial charge < -0.3 is 30.6 Å². The van der Waals surface area contributed by atoms with Gasteiger partial charge in [0.2, 0.25) is 0 Å². The Kier molecular flexibility index (Phi) is 26.6. The maximum Gasteiger partial charge on any atom is 2.00 e. The van der Waals surface area contributed by atoms with Crippen LogP contribution in [0.4, 0.5) is 11.4 Å². The van der Waals surface area contributed by atoms with Crippen molar-refractivity contribution in [1.82, 2.24) is 0 Å². The minimum atomic E-state index is -1.27. The number of aromatic carboxylic acids is 2. The van der Waals surface area contributed by atoms with Crippen LogP contribution in [0.15, 0.2) is 70.6 Å². The molecule has 0 fully saturated rings. The van der Waals surface area contributed by atoms with Crippen LogP contribution in [0.3, 0.4) is 0 Å². The summed E-state index contributed by atoms with van der Waals surface area (Å²) in [6.07, 6.45) is 16.1. The van der Waals surface area contributed by atoms with E-state index in [2.05, 4.69) is 77.9 Å². The zero-order valence-electron chi connectivity index (χ0n) is 38.7. The number of hydrogen-bond donors (Lipinski definition) is 4. The van der Waals surface area contributed by atoms with Gasteiger partial charge in [0.1, 0.15) is 11.5 Å². The molecular weight excluding hydrogens is 839 g/mol. The number of phenolic OH excluding ortho intramolecular Hbond substituents is 2. The first-order valence-electron chi connectivity index (χ1n) is 22.4. The molecule has 0 aromatic heterocycles. The Balaban J connectivity index is 0.000000510. The fourth-order valence-electron chi connectivity index (χ4n) is 7.18. The van der Waals surface area contributed by atoms with E-state index in [1.54, 1.807) is 0 Å². The van der Waals surface area contributed by atoms with Crippen LogP contribution < -0.4 is 10.2 Å². The number of carboxylic acid groups (broad SMARTS) is 2. The second-order valence-electron chi connectivity index (χ2n) is 16.1. The van der Waals surface area contributed by atoms with E-state index in [4.69, 9.17) is 30.4 Å². The molecule has 0 amide bonds. The monoisotopic (exact) mass is 908 g/mol. The molecule has 0 saturated carbocycles. The third-order valence-corrected chi connectivity index (χ3v) is 10.3. The van der Waals surface area contributed by atoms with Crippen molar-refractivity contribution in [2.24, 2.45) is 9.98 Å². The van der Waals surface area contributed by atoms with Gasteiger partial charge in [-0.25, -0.2) is 9.59 Å². The fourth-order valence-corrected chi connectivity index (χ4v) is 7.18. The number of nitrogens with zero attached hydrogens (tertiary/aromatic N) is 2. The van der Waals surface area contributed by atoms with E-state index in [-0.39, 0.29) is 27.6 Å². The Bertz CT molecular complexity index is 1990. The quantitative estimate of drug-likeness (QED) is 0.0361. The van der Waals surface area contributed by atoms with Crippen molar-refractivity contribution in [3.8, 4) is 23.0 Å². The van der Waals surface area contributed by atoms with Crippen LogP contribution >= 0.6 is 0 Å². The predicted octanol–water partition coefficient (Wildman–Crippen LogP) is 12.7. The molecule has 0 heterocycles. The van der Waals surface area contributed by atoms with Crippen LogP contribution in [-0.2, 0) is 29.3 Å². The third kappa shape index (κ3) is 19.8. The van der Waals surface area contributed by atoms with Gasteiger partial charge >= 0.3 is 28.4 Å². The molecule has 11 heteroatoms. The smallest absolute Gasteiger partial charge is 0.869 e. The second-order valence-corrected chi connectivity index (χ2v) is 16.1. The van der Waals surface area contributed by atoms with E-state index in [1.807, 2.05) is 13.8 Å². The molecule has 0 radical (unpaired) electrons. The maximum atomic E-state index is 11.4. The van der Waals surface area contributed by atoms with E-state index in [0.717, 1.165) is 74.9 Å². The number of benzene rings is 4. The van der Waals surface area contributed by atoms with Crippen molar-refractivity contribution < 1.29 is 56.7 Å². The molecule has 0 bridgehead atoms. The number of aryl methyl sites for hydroxylation is 6. The molecule has 346 valence electrons. The van der Waals surface area contributed by atoms with Crippen molar-refractivity contribution >= 4 is 34.7 Å². The summed E-state index contributed by atoms with van der Waals surface area (Å²) in [6, 6.07) is 18.7. The molecule has 0 aliphatic heterocycles. The Hall–Kier alpha value is -5.15. The Morgan fingerprint density at radius 3 is 1.16 bits per heavy atom. The van der Waals surface area contributed by atoms with Crippen molar-refractivity contribution in [2.75, 3.05) is 0 Å². The molecule has 4 aromatic rings. The summed E-state index contributed by atoms with van der Waals surface area (Å²) in [5, 5.41) is 59.0. The third-order valence-electron chi connectivity index (χ3n) is 10.3. The van der Waals surface area contributed by atoms with Gasteiger partial charge in [0.15, 0.2) is 0 Å². The zero-order valence-corrected chi connectivity index (χ0v) is 39.7. The first-order chi connectivity index (χ1) is 29.6. The molecule has 0 saturated heterocycles. The topological polar surface area (TPSA) is 186 Å². The molecule has 0 spiro atoms. The largest absolute Gasteiger partial charge is 2.00 e. The Labute approximate surface area is 386 Å². The molecule has 4 rings (SSSR count). The van der Waals surface area contributed by atoms with Gasteiger partial charge in [-0.3, -0.25) is 9.98 Å². The van der Waals surface area contributed by atoms with Crippen LogP contribution in [0.2, 0.25) is 0 Å². The zero-order chi connectivity index (χ0) is 46.2. The minimum absolute atomic E-state index is 0. The molecule has 4 N–H and O–H groups in total. The number of carboxylic acids is 2. The number of rotatable bonds is 21. The molecule has 4 aromatic carbocycles. The number of carbonyl (C=O) groups is 2. The van der Waals surface area contributed by atoms with Gasteiger partial charge in [0.25, 0.3) is 0 Å². The molecule has 63 heavy (non-hydrogen) atoms. The van der Waals surface area contributed by atoms with Crippen LogP contribution in [0.5, 0.6) is 23.0 Å². The molecule has 0 atom stereocenters. The summed E-state index contributed by atoms with van der Waals surface area (Å²) in [5.74, 6) is -5.13. The molecular formula is C52H70N2NiO8. The summed E-state index contributed by atoms with van der Waals surface area (Å²) in [6.45, 7) is 17.2. The Morgan fingerprint density at radius 1 is 0.492 bits per heavy atom. The van der Waals surface area contributed by atoms with Crippen LogP contribution in [0.25, 0.3) is 0 Å². The van der Waals surface area contributed by atoms with E-state index in [1.165, 1.54) is 84.3 Å². The van der Waals surface area contributed by atoms with Crippen molar-refractivity contribution in [3.63, 3.8) is 0 Å². The van der Waals surface area contributed by atoms with Crippen molar-refractivity contribution in [2.45, 2.75) is 158 Å². The fraction of sp³-hybridized carbons (Fsp3) is 0.462. The number of hydrogen-bond acceptors (Lipinski definition) is 8. The van der Waals surface area contributed by atoms with Gasteiger partial charge in [-0.2, -0.15) is 0 Å². The normalized spacial score (nSPS) is 11.2. The average Bonchev–Trinajstić information content (AvgIpc) is 3.20. The average molecular weight is 910 g/mol. The summed E-state index contributed by atoms with van der Waals surface area (Å²) >= 11 is 0. The molecule has 0 aliphatic rings. The first-order valence-corrected chi connectivity index (χ1v) is 22.4. The Morgan fingerprint density at radius 2 is 0.825 bits per heavy atom. The van der Waals surface area contributed by atoms with E-state index in [9.17, 15) is 19.8 Å². The van der Waals surface area contributed by atoms with E-state index in [0.29, 0.717) is 24.0 Å². The summed E-state index contributed by atoms with van der Waals surface area (Å²) in [7, 11) is 0. The van der Waals surface area contributed by atoms with E-state index >= 15 is 0 Å². The molecule has 10 nitrogen and oxygen atoms in total.